The zero-order valence-corrected chi connectivity index (χ0v) is 10.5. The average molecular weight is 250 g/mol. The lowest BCUT2D eigenvalue weighted by molar-refractivity contribution is -0.128. The molecule has 1 aliphatic heterocycles. The highest BCUT2D eigenvalue weighted by molar-refractivity contribution is 5.89. The second-order valence-electron chi connectivity index (χ2n) is 4.45. The molecule has 2 heterocycles. The van der Waals surface area contributed by atoms with Gasteiger partial charge in [-0.05, 0) is 19.1 Å². The first-order valence-electron chi connectivity index (χ1n) is 6.28. The fourth-order valence-electron chi connectivity index (χ4n) is 2.16. The third kappa shape index (κ3) is 2.91. The zero-order chi connectivity index (χ0) is 13.0. The van der Waals surface area contributed by atoms with Crippen LogP contribution in [0.25, 0.3) is 0 Å². The number of likely N-dealkylation sites (tertiary alicyclic amines) is 1. The van der Waals surface area contributed by atoms with Gasteiger partial charge in [0.1, 0.15) is 5.76 Å². The molecular formula is C13H18N2O3. The molecular weight excluding hydrogens is 232 g/mol. The second kappa shape index (κ2) is 5.71. The molecule has 1 aromatic heterocycles. The maximum Gasteiger partial charge on any atom is 0.225 e. The summed E-state index contributed by atoms with van der Waals surface area (Å²) in [5, 5.41) is 2.85. The molecule has 2 amide bonds. The summed E-state index contributed by atoms with van der Waals surface area (Å²) in [6.07, 6.45) is 2.63. The molecule has 0 spiro atoms. The molecule has 5 nitrogen and oxygen atoms in total. The number of carbonyl (C=O) groups is 2. The quantitative estimate of drug-likeness (QED) is 0.841. The molecule has 1 aromatic rings. The van der Waals surface area contributed by atoms with E-state index in [1.54, 1.807) is 11.2 Å². The molecule has 0 radical (unpaired) electrons. The summed E-state index contributed by atoms with van der Waals surface area (Å²) in [5.74, 6) is 0.691. The highest BCUT2D eigenvalue weighted by atomic mass is 16.3. The fraction of sp³-hybridized carbons (Fsp3) is 0.538. The molecule has 1 atom stereocenters. The van der Waals surface area contributed by atoms with E-state index in [2.05, 4.69) is 5.32 Å². The SMILES string of the molecule is CCN1C[C@@H](C(=O)NCCc2ccco2)CC1=O. The molecule has 98 valence electrons. The molecule has 0 aromatic carbocycles. The molecule has 5 heteroatoms. The predicted molar refractivity (Wildman–Crippen MR) is 65.8 cm³/mol. The summed E-state index contributed by atoms with van der Waals surface area (Å²) in [5.41, 5.74) is 0. The van der Waals surface area contributed by atoms with Crippen LogP contribution in [0, 0.1) is 5.92 Å². The van der Waals surface area contributed by atoms with Crippen LogP contribution in [0.4, 0.5) is 0 Å². The Morgan fingerprint density at radius 2 is 2.44 bits per heavy atom. The normalized spacial score (nSPS) is 19.3. The van der Waals surface area contributed by atoms with E-state index in [1.165, 1.54) is 0 Å². The molecule has 1 saturated heterocycles. The maximum atomic E-state index is 11.9. The monoisotopic (exact) mass is 250 g/mol. The predicted octanol–water partition coefficient (Wildman–Crippen LogP) is 0.807. The van der Waals surface area contributed by atoms with Crippen molar-refractivity contribution in [2.75, 3.05) is 19.6 Å². The summed E-state index contributed by atoms with van der Waals surface area (Å²) in [7, 11) is 0. The van der Waals surface area contributed by atoms with Crippen molar-refractivity contribution >= 4 is 11.8 Å². The van der Waals surface area contributed by atoms with Crippen molar-refractivity contribution < 1.29 is 14.0 Å². The van der Waals surface area contributed by atoms with Crippen LogP contribution in [0.5, 0.6) is 0 Å². The number of amides is 2. The van der Waals surface area contributed by atoms with Gasteiger partial charge in [0.2, 0.25) is 11.8 Å². The van der Waals surface area contributed by atoms with Gasteiger partial charge in [-0.1, -0.05) is 0 Å². The van der Waals surface area contributed by atoms with Crippen molar-refractivity contribution in [1.82, 2.24) is 10.2 Å². The minimum absolute atomic E-state index is 0.0362. The molecule has 0 saturated carbocycles. The first kappa shape index (κ1) is 12.7. The van der Waals surface area contributed by atoms with Crippen LogP contribution in [-0.4, -0.2) is 36.3 Å². The van der Waals surface area contributed by atoms with Crippen molar-refractivity contribution in [2.24, 2.45) is 5.92 Å². The zero-order valence-electron chi connectivity index (χ0n) is 10.5. The van der Waals surface area contributed by atoms with Crippen LogP contribution in [0.2, 0.25) is 0 Å². The van der Waals surface area contributed by atoms with Gasteiger partial charge in [-0.15, -0.1) is 0 Å². The number of hydrogen-bond acceptors (Lipinski definition) is 3. The Morgan fingerprint density at radius 3 is 3.06 bits per heavy atom. The number of nitrogens with one attached hydrogen (secondary N) is 1. The number of nitrogens with zero attached hydrogens (tertiary/aromatic N) is 1. The van der Waals surface area contributed by atoms with E-state index in [4.69, 9.17) is 4.42 Å². The van der Waals surface area contributed by atoms with Crippen LogP contribution in [0.3, 0.4) is 0 Å². The van der Waals surface area contributed by atoms with Crippen molar-refractivity contribution in [2.45, 2.75) is 19.8 Å². The van der Waals surface area contributed by atoms with Crippen molar-refractivity contribution in [3.05, 3.63) is 24.2 Å². The molecule has 0 bridgehead atoms. The Bertz CT molecular complexity index is 414. The van der Waals surface area contributed by atoms with Crippen molar-refractivity contribution in [3.63, 3.8) is 0 Å². The number of carbonyl (C=O) groups excluding carboxylic acids is 2. The van der Waals surface area contributed by atoms with E-state index in [9.17, 15) is 9.59 Å². The Morgan fingerprint density at radius 1 is 1.61 bits per heavy atom. The van der Waals surface area contributed by atoms with E-state index in [-0.39, 0.29) is 17.7 Å². The second-order valence-corrected chi connectivity index (χ2v) is 4.45. The minimum Gasteiger partial charge on any atom is -0.469 e. The Hall–Kier alpha value is -1.78. The first-order valence-corrected chi connectivity index (χ1v) is 6.28. The van der Waals surface area contributed by atoms with Gasteiger partial charge in [0.25, 0.3) is 0 Å². The van der Waals surface area contributed by atoms with Gasteiger partial charge in [-0.25, -0.2) is 0 Å². The lowest BCUT2D eigenvalue weighted by atomic mass is 10.1. The average Bonchev–Trinajstić information content (AvgIpc) is 2.98. The van der Waals surface area contributed by atoms with Crippen LogP contribution in [-0.2, 0) is 16.0 Å². The lowest BCUT2D eigenvalue weighted by Gasteiger charge is -2.13. The summed E-state index contributed by atoms with van der Waals surface area (Å²) in [6.45, 7) is 3.69. The smallest absolute Gasteiger partial charge is 0.225 e. The van der Waals surface area contributed by atoms with Gasteiger partial charge in [-0.3, -0.25) is 9.59 Å². The van der Waals surface area contributed by atoms with Gasteiger partial charge in [0.15, 0.2) is 0 Å². The van der Waals surface area contributed by atoms with Gasteiger partial charge in [0.05, 0.1) is 12.2 Å². The summed E-state index contributed by atoms with van der Waals surface area (Å²) >= 11 is 0. The van der Waals surface area contributed by atoms with E-state index in [1.807, 2.05) is 19.1 Å². The first-order chi connectivity index (χ1) is 8.70. The third-order valence-electron chi connectivity index (χ3n) is 3.22. The highest BCUT2D eigenvalue weighted by Crippen LogP contribution is 2.17. The maximum absolute atomic E-state index is 11.9. The van der Waals surface area contributed by atoms with Gasteiger partial charge >= 0.3 is 0 Å². The van der Waals surface area contributed by atoms with Gasteiger partial charge in [0, 0.05) is 32.5 Å². The molecule has 18 heavy (non-hydrogen) atoms. The van der Waals surface area contributed by atoms with E-state index in [0.717, 1.165) is 5.76 Å². The number of furan rings is 1. The molecule has 0 unspecified atom stereocenters. The fourth-order valence-corrected chi connectivity index (χ4v) is 2.16. The highest BCUT2D eigenvalue weighted by Gasteiger charge is 2.32. The Balaban J connectivity index is 1.74. The van der Waals surface area contributed by atoms with Gasteiger partial charge in [-0.2, -0.15) is 0 Å². The standard InChI is InChI=1S/C13H18N2O3/c1-2-15-9-10(8-12(15)16)13(17)14-6-5-11-4-3-7-18-11/h3-4,7,10H,2,5-6,8-9H2,1H3,(H,14,17)/t10-/m0/s1. The van der Waals surface area contributed by atoms with Crippen LogP contribution in [0.1, 0.15) is 19.1 Å². The summed E-state index contributed by atoms with van der Waals surface area (Å²) in [4.78, 5) is 25.1. The number of hydrogen-bond donors (Lipinski definition) is 1. The van der Waals surface area contributed by atoms with Crippen LogP contribution in [0.15, 0.2) is 22.8 Å². The molecule has 1 fully saturated rings. The Labute approximate surface area is 106 Å². The Kier molecular flexibility index (Phi) is 4.02. The summed E-state index contributed by atoms with van der Waals surface area (Å²) in [6, 6.07) is 3.70. The van der Waals surface area contributed by atoms with E-state index >= 15 is 0 Å². The number of rotatable bonds is 5. The van der Waals surface area contributed by atoms with Gasteiger partial charge < -0.3 is 14.6 Å². The van der Waals surface area contributed by atoms with Crippen LogP contribution >= 0.6 is 0 Å². The lowest BCUT2D eigenvalue weighted by Crippen LogP contribution is -2.34. The minimum atomic E-state index is -0.200. The largest absolute Gasteiger partial charge is 0.469 e. The van der Waals surface area contributed by atoms with Crippen LogP contribution < -0.4 is 5.32 Å². The van der Waals surface area contributed by atoms with Crippen molar-refractivity contribution in [1.29, 1.82) is 0 Å². The topological polar surface area (TPSA) is 62.6 Å². The molecule has 1 aliphatic rings. The third-order valence-corrected chi connectivity index (χ3v) is 3.22. The van der Waals surface area contributed by atoms with E-state index in [0.29, 0.717) is 32.5 Å². The molecule has 0 aliphatic carbocycles. The molecule has 1 N–H and O–H groups in total. The van der Waals surface area contributed by atoms with Crippen molar-refractivity contribution in [3.8, 4) is 0 Å². The molecule has 2 rings (SSSR count). The van der Waals surface area contributed by atoms with E-state index < -0.39 is 0 Å². The summed E-state index contributed by atoms with van der Waals surface area (Å²) < 4.78 is 5.18.